The first-order chi connectivity index (χ1) is 18.0. The summed E-state index contributed by atoms with van der Waals surface area (Å²) in [5.74, 6) is 0.645. The molecule has 0 aliphatic heterocycles. The predicted molar refractivity (Wildman–Crippen MR) is 141 cm³/mol. The Balaban J connectivity index is 1.52. The molecule has 39 heavy (non-hydrogen) atoms. The van der Waals surface area contributed by atoms with Gasteiger partial charge >= 0.3 is 18.4 Å². The van der Waals surface area contributed by atoms with E-state index in [9.17, 15) is 22.8 Å². The summed E-state index contributed by atoms with van der Waals surface area (Å²) >= 11 is 0. The second-order valence-corrected chi connectivity index (χ2v) is 11.7. The van der Waals surface area contributed by atoms with E-state index in [1.807, 2.05) is 0 Å². The van der Waals surface area contributed by atoms with E-state index >= 15 is 0 Å². The van der Waals surface area contributed by atoms with E-state index in [2.05, 4.69) is 5.32 Å². The standard InChI is InChI=1S/C29H33F3N2O5/c1-27(2,3)38-25(35)33-23-16-34(26(36)39-28(4,5)6)24-12-11-20(15-22(23)24)37-21-13-18(14-21)17-7-9-19(10-8-17)29(30,31)32/h7-12,15-16,18,21H,13-14H2,1-6H3,(H,33,35). The number of hydrogen-bond donors (Lipinski definition) is 1. The number of anilines is 1. The van der Waals surface area contributed by atoms with Crippen molar-refractivity contribution in [2.45, 2.75) is 83.8 Å². The normalized spacial score (nSPS) is 17.9. The van der Waals surface area contributed by atoms with Gasteiger partial charge in [0.1, 0.15) is 17.0 Å². The van der Waals surface area contributed by atoms with E-state index < -0.39 is 35.1 Å². The van der Waals surface area contributed by atoms with Crippen LogP contribution in [0.5, 0.6) is 5.75 Å². The number of carbonyl (C=O) groups is 2. The Labute approximate surface area is 225 Å². The van der Waals surface area contributed by atoms with Gasteiger partial charge in [-0.1, -0.05) is 12.1 Å². The van der Waals surface area contributed by atoms with Gasteiger partial charge in [-0.15, -0.1) is 0 Å². The van der Waals surface area contributed by atoms with Crippen LogP contribution in [0.4, 0.5) is 28.4 Å². The van der Waals surface area contributed by atoms with Crippen LogP contribution in [0.3, 0.4) is 0 Å². The van der Waals surface area contributed by atoms with Crippen molar-refractivity contribution in [2.24, 2.45) is 0 Å². The smallest absolute Gasteiger partial charge is 0.419 e. The van der Waals surface area contributed by atoms with Crippen LogP contribution in [0.1, 0.15) is 71.4 Å². The average Bonchev–Trinajstić information content (AvgIpc) is 3.11. The number of halogens is 3. The molecule has 1 aromatic heterocycles. The van der Waals surface area contributed by atoms with E-state index in [4.69, 9.17) is 14.2 Å². The van der Waals surface area contributed by atoms with Gasteiger partial charge in [-0.25, -0.2) is 9.59 Å². The van der Waals surface area contributed by atoms with Crippen LogP contribution < -0.4 is 10.1 Å². The number of fused-ring (bicyclic) bond motifs is 1. The Morgan fingerprint density at radius 2 is 1.51 bits per heavy atom. The lowest BCUT2D eigenvalue weighted by atomic mass is 9.77. The number of carbonyl (C=O) groups excluding carboxylic acids is 2. The van der Waals surface area contributed by atoms with E-state index in [1.54, 1.807) is 59.7 Å². The van der Waals surface area contributed by atoms with Gasteiger partial charge in [0.2, 0.25) is 0 Å². The zero-order chi connectivity index (χ0) is 28.8. The van der Waals surface area contributed by atoms with Crippen molar-refractivity contribution in [3.05, 3.63) is 59.8 Å². The molecule has 0 saturated heterocycles. The predicted octanol–water partition coefficient (Wildman–Crippen LogP) is 8.12. The van der Waals surface area contributed by atoms with Crippen molar-refractivity contribution in [3.8, 4) is 5.75 Å². The van der Waals surface area contributed by atoms with Crippen LogP contribution in [-0.2, 0) is 15.7 Å². The first-order valence-electron chi connectivity index (χ1n) is 12.7. The minimum Gasteiger partial charge on any atom is -0.490 e. The van der Waals surface area contributed by atoms with Gasteiger partial charge in [-0.2, -0.15) is 13.2 Å². The molecule has 1 heterocycles. The maximum absolute atomic E-state index is 12.9. The van der Waals surface area contributed by atoms with Gasteiger partial charge in [0.05, 0.1) is 22.9 Å². The van der Waals surface area contributed by atoms with Crippen molar-refractivity contribution < 1.29 is 37.0 Å². The molecule has 0 radical (unpaired) electrons. The lowest BCUT2D eigenvalue weighted by Gasteiger charge is -2.35. The molecule has 1 amide bonds. The number of nitrogens with one attached hydrogen (secondary N) is 1. The number of benzene rings is 2. The lowest BCUT2D eigenvalue weighted by molar-refractivity contribution is -0.137. The number of hydrogen-bond acceptors (Lipinski definition) is 5. The molecule has 10 heteroatoms. The van der Waals surface area contributed by atoms with Gasteiger partial charge < -0.3 is 14.2 Å². The first kappa shape index (κ1) is 28.3. The van der Waals surface area contributed by atoms with Crippen LogP contribution in [0.2, 0.25) is 0 Å². The Bertz CT molecular complexity index is 1360. The minimum atomic E-state index is -4.36. The highest BCUT2D eigenvalue weighted by molar-refractivity contribution is 6.03. The molecule has 1 aliphatic rings. The van der Waals surface area contributed by atoms with Crippen LogP contribution in [0.25, 0.3) is 10.9 Å². The van der Waals surface area contributed by atoms with Crippen molar-refractivity contribution in [3.63, 3.8) is 0 Å². The van der Waals surface area contributed by atoms with E-state index in [0.717, 1.165) is 17.7 Å². The van der Waals surface area contributed by atoms with E-state index in [1.165, 1.54) is 22.9 Å². The van der Waals surface area contributed by atoms with Crippen LogP contribution in [0.15, 0.2) is 48.7 Å². The number of alkyl halides is 3. The number of nitrogens with zero attached hydrogens (tertiary/aromatic N) is 1. The molecule has 7 nitrogen and oxygen atoms in total. The maximum atomic E-state index is 12.9. The second-order valence-electron chi connectivity index (χ2n) is 11.7. The van der Waals surface area contributed by atoms with Crippen LogP contribution in [-0.4, -0.2) is 34.1 Å². The third-order valence-electron chi connectivity index (χ3n) is 6.11. The Morgan fingerprint density at radius 3 is 2.08 bits per heavy atom. The molecule has 0 atom stereocenters. The van der Waals surface area contributed by atoms with Crippen molar-refractivity contribution in [1.29, 1.82) is 0 Å². The number of aromatic nitrogens is 1. The van der Waals surface area contributed by atoms with Crippen molar-refractivity contribution >= 4 is 28.8 Å². The fourth-order valence-corrected chi connectivity index (χ4v) is 4.33. The first-order valence-corrected chi connectivity index (χ1v) is 12.7. The summed E-state index contributed by atoms with van der Waals surface area (Å²) in [7, 11) is 0. The highest BCUT2D eigenvalue weighted by atomic mass is 19.4. The monoisotopic (exact) mass is 546 g/mol. The number of amides is 1. The molecule has 0 spiro atoms. The lowest BCUT2D eigenvalue weighted by Crippen LogP contribution is -2.32. The Hall–Kier alpha value is -3.69. The molecule has 3 aromatic rings. The average molecular weight is 547 g/mol. The highest BCUT2D eigenvalue weighted by Crippen LogP contribution is 2.41. The molecule has 1 aliphatic carbocycles. The third kappa shape index (κ3) is 7.04. The van der Waals surface area contributed by atoms with Crippen molar-refractivity contribution in [2.75, 3.05) is 5.32 Å². The molecule has 1 N–H and O–H groups in total. The molecule has 4 rings (SSSR count). The Kier molecular flexibility index (Phi) is 7.35. The number of rotatable bonds is 4. The van der Waals surface area contributed by atoms with Gasteiger partial charge in [0, 0.05) is 11.6 Å². The summed E-state index contributed by atoms with van der Waals surface area (Å²) < 4.78 is 56.9. The SMILES string of the molecule is CC(C)(C)OC(=O)Nc1cn(C(=O)OC(C)(C)C)c2ccc(OC3CC(c4ccc(C(F)(F)F)cc4)C3)cc12. The molecule has 1 saturated carbocycles. The second kappa shape index (κ2) is 10.1. The molecular weight excluding hydrogens is 513 g/mol. The van der Waals surface area contributed by atoms with Gasteiger partial charge in [0.15, 0.2) is 0 Å². The highest BCUT2D eigenvalue weighted by Gasteiger charge is 2.34. The quantitative estimate of drug-likeness (QED) is 0.358. The molecular formula is C29H33F3N2O5. The Morgan fingerprint density at radius 1 is 0.897 bits per heavy atom. The zero-order valence-corrected chi connectivity index (χ0v) is 22.8. The molecule has 1 fully saturated rings. The molecule has 210 valence electrons. The molecule has 2 aromatic carbocycles. The third-order valence-corrected chi connectivity index (χ3v) is 6.11. The number of ether oxygens (including phenoxy) is 3. The largest absolute Gasteiger partial charge is 0.490 e. The summed E-state index contributed by atoms with van der Waals surface area (Å²) in [6.07, 6.45) is -2.95. The fourth-order valence-electron chi connectivity index (χ4n) is 4.33. The summed E-state index contributed by atoms with van der Waals surface area (Å²) in [5, 5.41) is 3.26. The van der Waals surface area contributed by atoms with Crippen molar-refractivity contribution in [1.82, 2.24) is 4.57 Å². The van der Waals surface area contributed by atoms with Gasteiger partial charge in [0.25, 0.3) is 0 Å². The van der Waals surface area contributed by atoms with E-state index in [-0.39, 0.29) is 12.0 Å². The molecule has 0 bridgehead atoms. The zero-order valence-electron chi connectivity index (χ0n) is 22.8. The van der Waals surface area contributed by atoms with Gasteiger partial charge in [-0.3, -0.25) is 9.88 Å². The summed E-state index contributed by atoms with van der Waals surface area (Å²) in [5.41, 5.74) is -0.387. The minimum absolute atomic E-state index is 0.110. The molecule has 0 unspecified atom stereocenters. The van der Waals surface area contributed by atoms with Crippen LogP contribution >= 0.6 is 0 Å². The van der Waals surface area contributed by atoms with E-state index in [0.29, 0.717) is 35.2 Å². The summed E-state index contributed by atoms with van der Waals surface area (Å²) in [6, 6.07) is 10.4. The topological polar surface area (TPSA) is 78.8 Å². The fraction of sp³-hybridized carbons (Fsp3) is 0.448. The maximum Gasteiger partial charge on any atom is 0.419 e. The summed E-state index contributed by atoms with van der Waals surface area (Å²) in [4.78, 5) is 25.4. The van der Waals surface area contributed by atoms with Crippen LogP contribution in [0, 0.1) is 0 Å². The summed E-state index contributed by atoms with van der Waals surface area (Å²) in [6.45, 7) is 10.5. The van der Waals surface area contributed by atoms with Gasteiger partial charge in [-0.05, 0) is 96.2 Å².